The van der Waals surface area contributed by atoms with Crippen LogP contribution >= 0.6 is 11.6 Å². The Balaban J connectivity index is 1.17. The number of fused-ring (bicyclic) bond motifs is 1. The molecule has 0 aliphatic carbocycles. The highest BCUT2D eigenvalue weighted by Gasteiger charge is 2.34. The van der Waals surface area contributed by atoms with Gasteiger partial charge in [-0.1, -0.05) is 24.6 Å². The van der Waals surface area contributed by atoms with Crippen LogP contribution in [0.1, 0.15) is 51.1 Å². The van der Waals surface area contributed by atoms with Gasteiger partial charge in [-0.05, 0) is 49.7 Å². The van der Waals surface area contributed by atoms with Crippen LogP contribution in [0.15, 0.2) is 41.2 Å². The fraction of sp³-hybridized carbons (Fsp3) is 0.436. The summed E-state index contributed by atoms with van der Waals surface area (Å²) in [6.07, 6.45) is -2.34. The lowest BCUT2D eigenvalue weighted by atomic mass is 10.1. The van der Waals surface area contributed by atoms with E-state index in [2.05, 4.69) is 20.3 Å². The van der Waals surface area contributed by atoms with Crippen LogP contribution in [-0.2, 0) is 28.7 Å². The van der Waals surface area contributed by atoms with Crippen LogP contribution in [0.3, 0.4) is 0 Å². The van der Waals surface area contributed by atoms with Crippen molar-refractivity contribution in [3.05, 3.63) is 85.8 Å². The molecule has 0 radical (unpaired) electrons. The number of carbonyl (C=O) groups is 3. The first-order valence-electron chi connectivity index (χ1n) is 19.0. The molecule has 3 amide bonds. The van der Waals surface area contributed by atoms with Crippen LogP contribution in [0, 0.1) is 5.82 Å². The number of nitrogens with one attached hydrogen (secondary N) is 1. The number of hydrogen-bond donors (Lipinski definition) is 1. The molecule has 2 aromatic heterocycles. The molecule has 20 heteroatoms. The van der Waals surface area contributed by atoms with Gasteiger partial charge in [0.15, 0.2) is 17.4 Å². The van der Waals surface area contributed by atoms with Crippen molar-refractivity contribution in [3.8, 4) is 5.75 Å². The SMILES string of the molecule is CCc1c(C(=O)N2CCN(C(=O)c3cc(N4CCN(C)CC4)cc(F)c3OC)CC2)c(=O)n2nc(C3=CCOCC3)nc2n1CC(=O)Nc1ccc(C(F)(F)F)cc1Cl. The van der Waals surface area contributed by atoms with Gasteiger partial charge in [-0.3, -0.25) is 19.2 Å². The van der Waals surface area contributed by atoms with E-state index in [0.29, 0.717) is 50.1 Å². The van der Waals surface area contributed by atoms with Crippen LogP contribution < -0.4 is 20.5 Å². The lowest BCUT2D eigenvalue weighted by molar-refractivity contribution is -0.137. The molecule has 0 spiro atoms. The monoisotopic (exact) mass is 843 g/mol. The Morgan fingerprint density at radius 1 is 0.983 bits per heavy atom. The minimum atomic E-state index is -4.65. The first-order chi connectivity index (χ1) is 28.2. The molecule has 7 rings (SSSR count). The number of amides is 3. The van der Waals surface area contributed by atoms with Gasteiger partial charge in [0, 0.05) is 69.8 Å². The number of carbonyl (C=O) groups excluding carboxylic acids is 3. The maximum absolute atomic E-state index is 15.3. The smallest absolute Gasteiger partial charge is 0.416 e. The largest absolute Gasteiger partial charge is 0.493 e. The second-order valence-electron chi connectivity index (χ2n) is 14.4. The summed E-state index contributed by atoms with van der Waals surface area (Å²) in [4.78, 5) is 67.8. The fourth-order valence-electron chi connectivity index (χ4n) is 7.47. The zero-order chi connectivity index (χ0) is 42.2. The maximum atomic E-state index is 15.3. The summed E-state index contributed by atoms with van der Waals surface area (Å²) in [5.41, 5.74) is -0.620. The zero-order valence-corrected chi connectivity index (χ0v) is 33.3. The van der Waals surface area contributed by atoms with Crippen molar-refractivity contribution >= 4 is 52.0 Å². The lowest BCUT2D eigenvalue weighted by Gasteiger charge is -2.36. The van der Waals surface area contributed by atoms with Crippen molar-refractivity contribution in [2.45, 2.75) is 32.5 Å². The number of aromatic nitrogens is 4. The highest BCUT2D eigenvalue weighted by atomic mass is 35.5. The third kappa shape index (κ3) is 8.49. The van der Waals surface area contributed by atoms with E-state index < -0.39 is 47.4 Å². The maximum Gasteiger partial charge on any atom is 0.416 e. The number of nitrogens with zero attached hydrogens (tertiary/aromatic N) is 8. The van der Waals surface area contributed by atoms with E-state index in [9.17, 15) is 32.3 Å². The summed E-state index contributed by atoms with van der Waals surface area (Å²) >= 11 is 6.12. The molecule has 314 valence electrons. The number of rotatable bonds is 9. The van der Waals surface area contributed by atoms with Crippen LogP contribution in [0.5, 0.6) is 5.75 Å². The second kappa shape index (κ2) is 17.0. The summed E-state index contributed by atoms with van der Waals surface area (Å²) in [7, 11) is 3.30. The van der Waals surface area contributed by atoms with Gasteiger partial charge in [-0.15, -0.1) is 5.10 Å². The molecule has 0 atom stereocenters. The lowest BCUT2D eigenvalue weighted by Crippen LogP contribution is -2.52. The molecule has 1 N–H and O–H groups in total. The third-order valence-corrected chi connectivity index (χ3v) is 11.0. The normalized spacial score (nSPS) is 16.7. The predicted molar refractivity (Wildman–Crippen MR) is 210 cm³/mol. The van der Waals surface area contributed by atoms with E-state index in [0.717, 1.165) is 29.7 Å². The average Bonchev–Trinajstić information content (AvgIpc) is 3.68. The topological polar surface area (TPSA) is 147 Å². The van der Waals surface area contributed by atoms with E-state index in [1.165, 1.54) is 27.5 Å². The van der Waals surface area contributed by atoms with E-state index in [1.807, 2.05) is 11.9 Å². The van der Waals surface area contributed by atoms with Gasteiger partial charge < -0.3 is 39.0 Å². The molecule has 5 heterocycles. The highest BCUT2D eigenvalue weighted by molar-refractivity contribution is 6.33. The minimum absolute atomic E-state index is 0.0244. The van der Waals surface area contributed by atoms with Gasteiger partial charge in [-0.2, -0.15) is 22.7 Å². The number of likely N-dealkylation sites (N-methyl/N-ethyl adjacent to an activating group) is 1. The molecule has 0 bridgehead atoms. The molecule has 2 aromatic carbocycles. The third-order valence-electron chi connectivity index (χ3n) is 10.7. The van der Waals surface area contributed by atoms with Crippen LogP contribution in [0.2, 0.25) is 5.02 Å². The number of methoxy groups -OCH3 is 1. The highest BCUT2D eigenvalue weighted by Crippen LogP contribution is 2.34. The molecule has 0 saturated carbocycles. The number of piperazine rings is 2. The van der Waals surface area contributed by atoms with Crippen molar-refractivity contribution in [2.24, 2.45) is 0 Å². The Labute approximate surface area is 340 Å². The number of anilines is 2. The van der Waals surface area contributed by atoms with Crippen molar-refractivity contribution in [1.29, 1.82) is 0 Å². The Morgan fingerprint density at radius 2 is 1.68 bits per heavy atom. The van der Waals surface area contributed by atoms with Crippen molar-refractivity contribution < 1.29 is 41.4 Å². The summed E-state index contributed by atoms with van der Waals surface area (Å²) in [6, 6.07) is 5.51. The van der Waals surface area contributed by atoms with Gasteiger partial charge in [0.05, 0.1) is 42.2 Å². The quantitative estimate of drug-likeness (QED) is 0.245. The molecule has 3 aliphatic rings. The van der Waals surface area contributed by atoms with Gasteiger partial charge in [0.1, 0.15) is 12.1 Å². The molecular weight excluding hydrogens is 802 g/mol. The predicted octanol–water partition coefficient (Wildman–Crippen LogP) is 4.07. The summed E-state index contributed by atoms with van der Waals surface area (Å²) in [5, 5.41) is 6.63. The van der Waals surface area contributed by atoms with Gasteiger partial charge in [0.2, 0.25) is 11.7 Å². The van der Waals surface area contributed by atoms with Gasteiger partial charge in [0.25, 0.3) is 17.4 Å². The van der Waals surface area contributed by atoms with Crippen LogP contribution in [0.25, 0.3) is 11.4 Å². The zero-order valence-electron chi connectivity index (χ0n) is 32.6. The fourth-order valence-corrected chi connectivity index (χ4v) is 7.70. The summed E-state index contributed by atoms with van der Waals surface area (Å²) in [6.45, 7) is 4.92. The minimum Gasteiger partial charge on any atom is -0.493 e. The van der Waals surface area contributed by atoms with Crippen LogP contribution in [0.4, 0.5) is 28.9 Å². The van der Waals surface area contributed by atoms with Crippen molar-refractivity contribution in [1.82, 2.24) is 33.9 Å². The molecule has 15 nitrogen and oxygen atoms in total. The Hall–Kier alpha value is -5.53. The Bertz CT molecular complexity index is 2380. The number of hydrogen-bond acceptors (Lipinski definition) is 10. The first-order valence-corrected chi connectivity index (χ1v) is 19.4. The van der Waals surface area contributed by atoms with Gasteiger partial charge >= 0.3 is 6.18 Å². The Kier molecular flexibility index (Phi) is 12.0. The Morgan fingerprint density at radius 3 is 2.29 bits per heavy atom. The number of ether oxygens (including phenoxy) is 2. The standard InChI is InChI=1S/C39H42ClF4N9O6/c1-4-30-32(36(56)51-15-13-50(14-16-51)35(55)26-20-25(21-28(41)33(26)58-3)49-11-9-48(2)10-12-49)37(57)53-38(46-34(47-53)23-7-17-59-18-8-23)52(30)22-31(54)45-29-6-5-24(19-27(29)40)39(42,43)44/h5-7,19-21H,4,8-18,22H2,1-3H3,(H,45,54). The molecule has 2 saturated heterocycles. The average molecular weight is 844 g/mol. The van der Waals surface area contributed by atoms with E-state index in [-0.39, 0.29) is 77.5 Å². The first kappa shape index (κ1) is 41.6. The number of alkyl halides is 3. The van der Waals surface area contributed by atoms with Crippen molar-refractivity contribution in [3.63, 3.8) is 0 Å². The van der Waals surface area contributed by atoms with Gasteiger partial charge in [-0.25, -0.2) is 4.39 Å². The molecule has 0 unspecified atom stereocenters. The molecule has 2 fully saturated rings. The van der Waals surface area contributed by atoms with E-state index in [4.69, 9.17) is 21.1 Å². The molecule has 3 aliphatic heterocycles. The number of halogens is 5. The summed E-state index contributed by atoms with van der Waals surface area (Å²) in [5.74, 6) is -2.54. The van der Waals surface area contributed by atoms with E-state index in [1.54, 1.807) is 19.1 Å². The van der Waals surface area contributed by atoms with Crippen LogP contribution in [-0.4, -0.2) is 131 Å². The molecule has 4 aromatic rings. The molecule has 59 heavy (non-hydrogen) atoms. The van der Waals surface area contributed by atoms with Crippen molar-refractivity contribution in [2.75, 3.05) is 89.9 Å². The summed E-state index contributed by atoms with van der Waals surface area (Å²) < 4.78 is 68.2. The second-order valence-corrected chi connectivity index (χ2v) is 14.8. The van der Waals surface area contributed by atoms with E-state index >= 15 is 4.39 Å². The molecular formula is C39H42ClF4N9O6. The number of benzene rings is 2.